The first-order valence-corrected chi connectivity index (χ1v) is 14.1. The number of fused-ring (bicyclic) bond motifs is 1. The van der Waals surface area contributed by atoms with Crippen molar-refractivity contribution < 1.29 is 9.59 Å². The molecule has 1 saturated heterocycles. The average Bonchev–Trinajstić information content (AvgIpc) is 3.45. The number of hydrazone groups is 1. The molecule has 0 saturated carbocycles. The molecule has 1 aromatic carbocycles. The summed E-state index contributed by atoms with van der Waals surface area (Å²) in [4.78, 5) is 31.7. The molecule has 5 rings (SSSR count). The Balaban J connectivity index is 1.37. The van der Waals surface area contributed by atoms with Crippen LogP contribution in [0.2, 0.25) is 0 Å². The zero-order valence-corrected chi connectivity index (χ0v) is 23.3. The van der Waals surface area contributed by atoms with E-state index in [1.165, 1.54) is 22.3 Å². The van der Waals surface area contributed by atoms with Gasteiger partial charge in [-0.15, -0.1) is 0 Å². The Labute approximate surface area is 228 Å². The summed E-state index contributed by atoms with van der Waals surface area (Å²) in [5.74, 6) is 0.0697. The summed E-state index contributed by atoms with van der Waals surface area (Å²) in [6.07, 6.45) is 6.21. The number of nitrogens with zero attached hydrogens (tertiary/aromatic N) is 5. The number of amides is 2. The van der Waals surface area contributed by atoms with Gasteiger partial charge < -0.3 is 9.47 Å². The second-order valence-electron chi connectivity index (χ2n) is 10.2. The number of nitrogens with one attached hydrogen (secondary N) is 1. The lowest BCUT2D eigenvalue weighted by Crippen LogP contribution is -2.36. The average molecular weight is 531 g/mol. The van der Waals surface area contributed by atoms with Crippen LogP contribution in [0.5, 0.6) is 0 Å². The second kappa shape index (κ2) is 10.7. The Hall–Kier alpha value is -3.46. The Morgan fingerprint density at radius 1 is 1.16 bits per heavy atom. The third-order valence-electron chi connectivity index (χ3n) is 7.61. The maximum atomic E-state index is 13.0. The van der Waals surface area contributed by atoms with Gasteiger partial charge in [-0.3, -0.25) is 15.0 Å². The molecule has 2 amide bonds. The summed E-state index contributed by atoms with van der Waals surface area (Å²) >= 11 is 1.20. The maximum absolute atomic E-state index is 13.0. The van der Waals surface area contributed by atoms with Crippen LogP contribution in [0.25, 0.3) is 11.8 Å². The molecule has 2 aromatic rings. The molecule has 0 aliphatic carbocycles. The summed E-state index contributed by atoms with van der Waals surface area (Å²) in [5, 5.41) is 15.5. The SMILES string of the molecule is CC[C@@H](C)c1ccc(-n2c(C)cc(/C=C3\C(=N)N4N=C(CC(=O)N5CCCCC5)SC4=NC3=O)c2C)cc1. The summed E-state index contributed by atoms with van der Waals surface area (Å²) in [5.41, 5.74) is 5.44. The molecule has 0 unspecified atom stereocenters. The Morgan fingerprint density at radius 2 is 1.87 bits per heavy atom. The third kappa shape index (κ3) is 4.99. The Bertz CT molecular complexity index is 1380. The summed E-state index contributed by atoms with van der Waals surface area (Å²) in [7, 11) is 0. The summed E-state index contributed by atoms with van der Waals surface area (Å²) in [6, 6.07) is 10.6. The van der Waals surface area contributed by atoms with Crippen LogP contribution in [0, 0.1) is 19.3 Å². The van der Waals surface area contributed by atoms with E-state index in [2.05, 4.69) is 52.8 Å². The van der Waals surface area contributed by atoms with Gasteiger partial charge in [-0.1, -0.05) is 26.0 Å². The normalized spacial score (nSPS) is 19.5. The highest BCUT2D eigenvalue weighted by Gasteiger charge is 2.36. The van der Waals surface area contributed by atoms with Crippen LogP contribution in [-0.4, -0.2) is 55.4 Å². The number of carbonyl (C=O) groups is 2. The number of aryl methyl sites for hydroxylation is 1. The van der Waals surface area contributed by atoms with E-state index >= 15 is 0 Å². The van der Waals surface area contributed by atoms with Gasteiger partial charge in [0.1, 0.15) is 5.04 Å². The van der Waals surface area contributed by atoms with Crippen LogP contribution in [0.15, 0.2) is 46.0 Å². The molecule has 0 spiro atoms. The fourth-order valence-electron chi connectivity index (χ4n) is 5.16. The molecule has 38 heavy (non-hydrogen) atoms. The quantitative estimate of drug-likeness (QED) is 0.490. The fraction of sp³-hybridized carbons (Fsp3) is 0.414. The van der Waals surface area contributed by atoms with Gasteiger partial charge in [0, 0.05) is 30.2 Å². The molecule has 0 bridgehead atoms. The van der Waals surface area contributed by atoms with Crippen LogP contribution in [0.4, 0.5) is 0 Å². The zero-order valence-electron chi connectivity index (χ0n) is 22.5. The van der Waals surface area contributed by atoms with Crippen LogP contribution < -0.4 is 0 Å². The van der Waals surface area contributed by atoms with Crippen molar-refractivity contribution in [3.63, 3.8) is 0 Å². The third-order valence-corrected chi connectivity index (χ3v) is 8.52. The lowest BCUT2D eigenvalue weighted by atomic mass is 9.98. The van der Waals surface area contributed by atoms with E-state index in [0.29, 0.717) is 16.1 Å². The topological polar surface area (TPSA) is 94.1 Å². The number of aliphatic imine (C=N–C) groups is 1. The molecule has 1 fully saturated rings. The minimum atomic E-state index is -0.463. The highest BCUT2D eigenvalue weighted by atomic mass is 32.2. The van der Waals surface area contributed by atoms with Crippen LogP contribution >= 0.6 is 11.8 Å². The summed E-state index contributed by atoms with van der Waals surface area (Å²) in [6.45, 7) is 10.0. The number of likely N-dealkylation sites (tertiary alicyclic amines) is 1. The van der Waals surface area contributed by atoms with Crippen molar-refractivity contribution in [1.82, 2.24) is 14.5 Å². The summed E-state index contributed by atoms with van der Waals surface area (Å²) < 4.78 is 2.16. The van der Waals surface area contributed by atoms with Crippen LogP contribution in [0.1, 0.15) is 74.4 Å². The van der Waals surface area contributed by atoms with Crippen molar-refractivity contribution in [3.8, 4) is 5.69 Å². The molecule has 4 heterocycles. The smallest absolute Gasteiger partial charge is 0.283 e. The van der Waals surface area contributed by atoms with E-state index in [1.54, 1.807) is 6.08 Å². The highest BCUT2D eigenvalue weighted by Crippen LogP contribution is 2.31. The van der Waals surface area contributed by atoms with E-state index in [1.807, 2.05) is 24.8 Å². The highest BCUT2D eigenvalue weighted by molar-refractivity contribution is 8.27. The molecule has 3 aliphatic rings. The van der Waals surface area contributed by atoms with Gasteiger partial charge in [0.2, 0.25) is 11.1 Å². The fourth-order valence-corrected chi connectivity index (χ4v) is 6.04. The first kappa shape index (κ1) is 26.2. The minimum Gasteiger partial charge on any atom is -0.342 e. The van der Waals surface area contributed by atoms with Gasteiger partial charge in [-0.2, -0.15) is 15.1 Å². The molecule has 1 N–H and O–H groups in total. The number of hydrogen-bond donors (Lipinski definition) is 1. The van der Waals surface area contributed by atoms with Crippen molar-refractivity contribution in [1.29, 1.82) is 5.41 Å². The van der Waals surface area contributed by atoms with Crippen LogP contribution in [0.3, 0.4) is 0 Å². The van der Waals surface area contributed by atoms with E-state index in [-0.39, 0.29) is 23.7 Å². The lowest BCUT2D eigenvalue weighted by molar-refractivity contribution is -0.130. The molecule has 1 atom stereocenters. The largest absolute Gasteiger partial charge is 0.342 e. The van der Waals surface area contributed by atoms with Crippen molar-refractivity contribution in [2.45, 2.75) is 65.7 Å². The predicted octanol–water partition coefficient (Wildman–Crippen LogP) is 5.63. The van der Waals surface area contributed by atoms with E-state index in [9.17, 15) is 9.59 Å². The van der Waals surface area contributed by atoms with Crippen molar-refractivity contribution >= 4 is 45.7 Å². The molecule has 198 valence electrons. The van der Waals surface area contributed by atoms with E-state index in [4.69, 9.17) is 5.41 Å². The second-order valence-corrected chi connectivity index (χ2v) is 11.2. The number of hydrogen-bond acceptors (Lipinski definition) is 5. The van der Waals surface area contributed by atoms with E-state index in [0.717, 1.165) is 61.4 Å². The minimum absolute atomic E-state index is 0.0179. The monoisotopic (exact) mass is 530 g/mol. The molecule has 1 aromatic heterocycles. The van der Waals surface area contributed by atoms with E-state index < -0.39 is 5.91 Å². The van der Waals surface area contributed by atoms with Crippen molar-refractivity contribution in [2.75, 3.05) is 13.1 Å². The molecule has 8 nitrogen and oxygen atoms in total. The Morgan fingerprint density at radius 3 is 2.55 bits per heavy atom. The molecule has 9 heteroatoms. The number of aromatic nitrogens is 1. The Kier molecular flexibility index (Phi) is 7.38. The van der Waals surface area contributed by atoms with Crippen molar-refractivity contribution in [3.05, 3.63) is 58.4 Å². The van der Waals surface area contributed by atoms with Gasteiger partial charge >= 0.3 is 0 Å². The first-order chi connectivity index (χ1) is 18.3. The number of carbonyl (C=O) groups excluding carboxylic acids is 2. The number of amidine groups is 2. The number of rotatable bonds is 6. The standard InChI is InChI=1S/C29H34N6O2S/c1-5-18(2)21-9-11-23(12-10-21)34-19(3)15-22(20(34)4)16-24-27(30)35-29(31-28(24)37)38-25(32-35)17-26(36)33-13-7-6-8-14-33/h9-12,15-16,18,30H,5-8,13-14,17H2,1-4H3/b24-16+,30-27?/t18-/m1/s1. The predicted molar refractivity (Wildman–Crippen MR) is 154 cm³/mol. The first-order valence-electron chi connectivity index (χ1n) is 13.3. The lowest BCUT2D eigenvalue weighted by Gasteiger charge is -2.26. The van der Waals surface area contributed by atoms with Gasteiger partial charge in [-0.25, -0.2) is 0 Å². The van der Waals surface area contributed by atoms with Gasteiger partial charge in [-0.05, 0) is 92.6 Å². The number of piperidine rings is 1. The van der Waals surface area contributed by atoms with Gasteiger partial charge in [0.05, 0.1) is 12.0 Å². The number of thioether (sulfide) groups is 1. The zero-order chi connectivity index (χ0) is 27.0. The van der Waals surface area contributed by atoms with Gasteiger partial charge in [0.25, 0.3) is 5.91 Å². The van der Waals surface area contributed by atoms with Crippen LogP contribution in [-0.2, 0) is 9.59 Å². The molecular weight excluding hydrogens is 496 g/mol. The molecule has 0 radical (unpaired) electrons. The van der Waals surface area contributed by atoms with Gasteiger partial charge in [0.15, 0.2) is 5.84 Å². The number of benzene rings is 1. The molecular formula is C29H34N6O2S. The maximum Gasteiger partial charge on any atom is 0.283 e. The molecule has 3 aliphatic heterocycles. The van der Waals surface area contributed by atoms with Crippen molar-refractivity contribution in [2.24, 2.45) is 10.1 Å².